The number of ether oxygens (including phenoxy) is 2. The van der Waals surface area contributed by atoms with E-state index in [-0.39, 0.29) is 0 Å². The summed E-state index contributed by atoms with van der Waals surface area (Å²) in [5.41, 5.74) is 1.41. The minimum atomic E-state index is 0.634. The van der Waals surface area contributed by atoms with Crippen molar-refractivity contribution in [3.8, 4) is 11.5 Å². The lowest BCUT2D eigenvalue weighted by Gasteiger charge is -2.30. The van der Waals surface area contributed by atoms with Gasteiger partial charge in [0, 0.05) is 5.56 Å². The molecule has 0 radical (unpaired) electrons. The molecule has 196 valence electrons. The average Bonchev–Trinajstić information content (AvgIpc) is 2.87. The lowest BCUT2D eigenvalue weighted by Crippen LogP contribution is -2.14. The molecule has 1 fully saturated rings. The van der Waals surface area contributed by atoms with Crippen molar-refractivity contribution in [2.45, 2.75) is 149 Å². The van der Waals surface area contributed by atoms with Gasteiger partial charge < -0.3 is 9.47 Å². The highest BCUT2D eigenvalue weighted by atomic mass is 16.5. The van der Waals surface area contributed by atoms with E-state index in [0.717, 1.165) is 37.1 Å². The molecule has 0 saturated heterocycles. The largest absolute Gasteiger partial charge is 0.494 e. The maximum absolute atomic E-state index is 6.19. The fourth-order valence-electron chi connectivity index (χ4n) is 5.50. The zero-order chi connectivity index (χ0) is 24.3. The third-order valence-corrected chi connectivity index (χ3v) is 7.71. The second kappa shape index (κ2) is 19.1. The van der Waals surface area contributed by atoms with Crippen molar-refractivity contribution in [2.75, 3.05) is 13.2 Å². The van der Waals surface area contributed by atoms with E-state index < -0.39 is 0 Å². The summed E-state index contributed by atoms with van der Waals surface area (Å²) in [5.74, 6) is 3.72. The molecule has 2 nitrogen and oxygen atoms in total. The summed E-state index contributed by atoms with van der Waals surface area (Å²) < 4.78 is 12.4. The molecule has 0 spiro atoms. The molecule has 1 aromatic carbocycles. The molecule has 0 aromatic heterocycles. The van der Waals surface area contributed by atoms with Crippen molar-refractivity contribution in [1.82, 2.24) is 0 Å². The van der Waals surface area contributed by atoms with E-state index in [1.165, 1.54) is 121 Å². The van der Waals surface area contributed by atoms with Gasteiger partial charge in [0.25, 0.3) is 0 Å². The first-order valence-electron chi connectivity index (χ1n) is 15.2. The maximum Gasteiger partial charge on any atom is 0.123 e. The third-order valence-electron chi connectivity index (χ3n) is 7.71. The van der Waals surface area contributed by atoms with Gasteiger partial charge in [0.1, 0.15) is 11.5 Å². The highest BCUT2D eigenvalue weighted by Gasteiger charge is 2.25. The zero-order valence-electron chi connectivity index (χ0n) is 23.1. The van der Waals surface area contributed by atoms with Crippen LogP contribution in [0.25, 0.3) is 0 Å². The van der Waals surface area contributed by atoms with Crippen molar-refractivity contribution in [3.05, 3.63) is 23.8 Å². The number of hydrogen-bond acceptors (Lipinski definition) is 2. The van der Waals surface area contributed by atoms with Gasteiger partial charge >= 0.3 is 0 Å². The van der Waals surface area contributed by atoms with Crippen molar-refractivity contribution >= 4 is 0 Å². The van der Waals surface area contributed by atoms with Crippen LogP contribution < -0.4 is 9.47 Å². The van der Waals surface area contributed by atoms with Crippen molar-refractivity contribution in [1.29, 1.82) is 0 Å². The van der Waals surface area contributed by atoms with Crippen molar-refractivity contribution in [2.24, 2.45) is 5.92 Å². The van der Waals surface area contributed by atoms with Gasteiger partial charge in [0.05, 0.1) is 13.2 Å². The Morgan fingerprint density at radius 1 is 0.618 bits per heavy atom. The molecule has 1 aliphatic carbocycles. The second-order valence-electron chi connectivity index (χ2n) is 10.8. The Kier molecular flexibility index (Phi) is 16.3. The lowest BCUT2D eigenvalue weighted by atomic mass is 9.76. The maximum atomic E-state index is 6.19. The van der Waals surface area contributed by atoms with Gasteiger partial charge in [-0.1, -0.05) is 104 Å². The SMILES string of the molecule is CCCCCCCCCCOc1ccc(OCCC)c(C2CCC(CCCCCCC)CC2)c1. The van der Waals surface area contributed by atoms with Crippen LogP contribution in [0.3, 0.4) is 0 Å². The van der Waals surface area contributed by atoms with E-state index in [0.29, 0.717) is 5.92 Å². The van der Waals surface area contributed by atoms with Gasteiger partial charge in [-0.15, -0.1) is 0 Å². The van der Waals surface area contributed by atoms with Crippen LogP contribution in [-0.2, 0) is 0 Å². The molecule has 0 heterocycles. The summed E-state index contributed by atoms with van der Waals surface area (Å²) in [4.78, 5) is 0. The van der Waals surface area contributed by atoms with E-state index in [1.807, 2.05) is 0 Å². The first kappa shape index (κ1) is 29.1. The fraction of sp³-hybridized carbons (Fsp3) is 0.812. The number of rotatable bonds is 20. The van der Waals surface area contributed by atoms with Crippen LogP contribution >= 0.6 is 0 Å². The van der Waals surface area contributed by atoms with Crippen LogP contribution in [0.15, 0.2) is 18.2 Å². The third kappa shape index (κ3) is 12.0. The molecular formula is C32H56O2. The van der Waals surface area contributed by atoms with Gasteiger partial charge in [0.15, 0.2) is 0 Å². The molecule has 0 bridgehead atoms. The average molecular weight is 473 g/mol. The number of unbranched alkanes of at least 4 members (excludes halogenated alkanes) is 11. The molecule has 0 aliphatic heterocycles. The first-order valence-corrected chi connectivity index (χ1v) is 15.2. The smallest absolute Gasteiger partial charge is 0.123 e. The molecule has 0 unspecified atom stereocenters. The number of hydrogen-bond donors (Lipinski definition) is 0. The zero-order valence-corrected chi connectivity index (χ0v) is 23.1. The van der Waals surface area contributed by atoms with E-state index in [4.69, 9.17) is 9.47 Å². The predicted octanol–water partition coefficient (Wildman–Crippen LogP) is 10.6. The van der Waals surface area contributed by atoms with Crippen LogP contribution in [0.1, 0.15) is 154 Å². The molecule has 1 aliphatic rings. The molecule has 1 aromatic rings. The Morgan fingerprint density at radius 3 is 1.88 bits per heavy atom. The highest BCUT2D eigenvalue weighted by Crippen LogP contribution is 2.42. The Labute approximate surface area is 212 Å². The minimum absolute atomic E-state index is 0.634. The Bertz CT molecular complexity index is 603. The molecule has 1 saturated carbocycles. The van der Waals surface area contributed by atoms with Crippen LogP contribution in [0, 0.1) is 5.92 Å². The molecule has 2 heteroatoms. The quantitative estimate of drug-likeness (QED) is 0.176. The number of benzene rings is 1. The Balaban J connectivity index is 1.77. The summed E-state index contributed by atoms with van der Waals surface area (Å²) in [6.07, 6.45) is 25.7. The van der Waals surface area contributed by atoms with Crippen LogP contribution in [-0.4, -0.2) is 13.2 Å². The van der Waals surface area contributed by atoms with Crippen LogP contribution in [0.5, 0.6) is 11.5 Å². The van der Waals surface area contributed by atoms with E-state index in [2.05, 4.69) is 39.0 Å². The molecule has 0 N–H and O–H groups in total. The van der Waals surface area contributed by atoms with Gasteiger partial charge in [-0.3, -0.25) is 0 Å². The topological polar surface area (TPSA) is 18.5 Å². The van der Waals surface area contributed by atoms with Gasteiger partial charge in [-0.25, -0.2) is 0 Å². The van der Waals surface area contributed by atoms with E-state index in [9.17, 15) is 0 Å². The summed E-state index contributed by atoms with van der Waals surface area (Å²) in [7, 11) is 0. The van der Waals surface area contributed by atoms with Crippen molar-refractivity contribution < 1.29 is 9.47 Å². The molecule has 34 heavy (non-hydrogen) atoms. The standard InChI is InChI=1S/C32H56O2/c1-4-7-9-11-12-13-15-17-26-33-30-23-24-32(34-25-6-3)31(27-30)29-21-19-28(20-22-29)18-16-14-10-8-5-2/h23-24,27-29H,4-22,25-26H2,1-3H3. The van der Waals surface area contributed by atoms with E-state index >= 15 is 0 Å². The first-order chi connectivity index (χ1) is 16.8. The predicted molar refractivity (Wildman–Crippen MR) is 148 cm³/mol. The van der Waals surface area contributed by atoms with Crippen LogP contribution in [0.2, 0.25) is 0 Å². The summed E-state index contributed by atoms with van der Waals surface area (Å²) in [6.45, 7) is 8.42. The van der Waals surface area contributed by atoms with Gasteiger partial charge in [0.2, 0.25) is 0 Å². The Hall–Kier alpha value is -1.18. The van der Waals surface area contributed by atoms with E-state index in [1.54, 1.807) is 0 Å². The molecule has 0 atom stereocenters. The van der Waals surface area contributed by atoms with Gasteiger partial charge in [-0.2, -0.15) is 0 Å². The van der Waals surface area contributed by atoms with Gasteiger partial charge in [-0.05, 0) is 68.6 Å². The normalized spacial score (nSPS) is 18.2. The molecule has 0 amide bonds. The van der Waals surface area contributed by atoms with Crippen molar-refractivity contribution in [3.63, 3.8) is 0 Å². The molecular weight excluding hydrogens is 416 g/mol. The Morgan fingerprint density at radius 2 is 1.24 bits per heavy atom. The highest BCUT2D eigenvalue weighted by molar-refractivity contribution is 5.42. The summed E-state index contributed by atoms with van der Waals surface area (Å²) in [6, 6.07) is 6.61. The fourth-order valence-corrected chi connectivity index (χ4v) is 5.50. The second-order valence-corrected chi connectivity index (χ2v) is 10.8. The summed E-state index contributed by atoms with van der Waals surface area (Å²) >= 11 is 0. The minimum Gasteiger partial charge on any atom is -0.494 e. The van der Waals surface area contributed by atoms with Crippen LogP contribution in [0.4, 0.5) is 0 Å². The summed E-state index contributed by atoms with van der Waals surface area (Å²) in [5, 5.41) is 0. The monoisotopic (exact) mass is 472 g/mol. The molecule has 2 rings (SSSR count). The lowest BCUT2D eigenvalue weighted by molar-refractivity contribution is 0.279.